The average molecular weight is 312 g/mol. The summed E-state index contributed by atoms with van der Waals surface area (Å²) in [6.45, 7) is 2.62. The number of carboxylic acids is 1. The standard InChI is InChI=1S/C15H18ClNO4/c1-10(21-13-4-2-12(16)3-5-13)14(18)17-8-6-11(7-9-17)15(19)20/h2-5,10-11H,6-9H2,1H3,(H,19,20)/t10-/m0/s1. The van der Waals surface area contributed by atoms with E-state index >= 15 is 0 Å². The number of carboxylic acid groups (broad SMARTS) is 1. The lowest BCUT2D eigenvalue weighted by molar-refractivity contribution is -0.147. The van der Waals surface area contributed by atoms with Crippen LogP contribution in [0.15, 0.2) is 24.3 Å². The number of amides is 1. The van der Waals surface area contributed by atoms with Crippen LogP contribution in [0.2, 0.25) is 5.02 Å². The summed E-state index contributed by atoms with van der Waals surface area (Å²) in [6, 6.07) is 6.82. The topological polar surface area (TPSA) is 66.8 Å². The van der Waals surface area contributed by atoms with Gasteiger partial charge in [0.2, 0.25) is 0 Å². The lowest BCUT2D eigenvalue weighted by atomic mass is 9.97. The molecule has 0 aliphatic carbocycles. The maximum absolute atomic E-state index is 12.3. The monoisotopic (exact) mass is 311 g/mol. The number of ether oxygens (including phenoxy) is 1. The number of aliphatic carboxylic acids is 1. The molecule has 1 heterocycles. The molecule has 1 aliphatic rings. The molecule has 1 atom stereocenters. The van der Waals surface area contributed by atoms with Gasteiger partial charge in [0, 0.05) is 18.1 Å². The molecule has 21 heavy (non-hydrogen) atoms. The zero-order chi connectivity index (χ0) is 15.4. The van der Waals surface area contributed by atoms with Crippen molar-refractivity contribution < 1.29 is 19.4 Å². The number of nitrogens with zero attached hydrogens (tertiary/aromatic N) is 1. The fourth-order valence-electron chi connectivity index (χ4n) is 2.37. The summed E-state index contributed by atoms with van der Waals surface area (Å²) in [5.41, 5.74) is 0. The Morgan fingerprint density at radius 3 is 2.38 bits per heavy atom. The number of halogens is 1. The summed E-state index contributed by atoms with van der Waals surface area (Å²) >= 11 is 5.79. The molecule has 0 bridgehead atoms. The second-order valence-corrected chi connectivity index (χ2v) is 5.59. The molecule has 1 saturated heterocycles. The van der Waals surface area contributed by atoms with Gasteiger partial charge < -0.3 is 14.7 Å². The summed E-state index contributed by atoms with van der Waals surface area (Å²) < 4.78 is 5.59. The zero-order valence-electron chi connectivity index (χ0n) is 11.8. The smallest absolute Gasteiger partial charge is 0.306 e. The molecule has 1 N–H and O–H groups in total. The first-order chi connectivity index (χ1) is 9.97. The molecule has 0 saturated carbocycles. The van der Waals surface area contributed by atoms with E-state index in [1.807, 2.05) is 0 Å². The number of piperidine rings is 1. The molecule has 1 fully saturated rings. The number of hydrogen-bond donors (Lipinski definition) is 1. The van der Waals surface area contributed by atoms with Crippen LogP contribution >= 0.6 is 11.6 Å². The van der Waals surface area contributed by atoms with Gasteiger partial charge in [-0.3, -0.25) is 9.59 Å². The average Bonchev–Trinajstić information content (AvgIpc) is 2.49. The van der Waals surface area contributed by atoms with Gasteiger partial charge in [-0.05, 0) is 44.0 Å². The van der Waals surface area contributed by atoms with E-state index in [9.17, 15) is 9.59 Å². The van der Waals surface area contributed by atoms with Crippen molar-refractivity contribution in [2.45, 2.75) is 25.9 Å². The van der Waals surface area contributed by atoms with Crippen molar-refractivity contribution in [1.29, 1.82) is 0 Å². The van der Waals surface area contributed by atoms with E-state index in [1.54, 1.807) is 36.1 Å². The third kappa shape index (κ3) is 4.11. The zero-order valence-corrected chi connectivity index (χ0v) is 12.5. The predicted molar refractivity (Wildman–Crippen MR) is 78.5 cm³/mol. The lowest BCUT2D eigenvalue weighted by Gasteiger charge is -2.32. The SMILES string of the molecule is C[C@H](Oc1ccc(Cl)cc1)C(=O)N1CCC(C(=O)O)CC1. The molecule has 0 spiro atoms. The van der Waals surface area contributed by atoms with Gasteiger partial charge in [-0.25, -0.2) is 0 Å². The van der Waals surface area contributed by atoms with Gasteiger partial charge in [0.05, 0.1) is 5.92 Å². The molecule has 1 aromatic carbocycles. The second-order valence-electron chi connectivity index (χ2n) is 5.15. The first kappa shape index (κ1) is 15.6. The van der Waals surface area contributed by atoms with Crippen molar-refractivity contribution in [2.24, 2.45) is 5.92 Å². The van der Waals surface area contributed by atoms with E-state index in [2.05, 4.69) is 0 Å². The molecule has 1 amide bonds. The van der Waals surface area contributed by atoms with E-state index in [-0.39, 0.29) is 11.8 Å². The molecule has 5 nitrogen and oxygen atoms in total. The maximum atomic E-state index is 12.3. The highest BCUT2D eigenvalue weighted by molar-refractivity contribution is 6.30. The third-order valence-electron chi connectivity index (χ3n) is 3.63. The van der Waals surface area contributed by atoms with Crippen molar-refractivity contribution in [3.63, 3.8) is 0 Å². The summed E-state index contributed by atoms with van der Waals surface area (Å²) in [6.07, 6.45) is 0.385. The van der Waals surface area contributed by atoms with Crippen molar-refractivity contribution in [2.75, 3.05) is 13.1 Å². The quantitative estimate of drug-likeness (QED) is 0.927. The van der Waals surface area contributed by atoms with Gasteiger partial charge in [-0.15, -0.1) is 0 Å². The van der Waals surface area contributed by atoms with E-state index in [1.165, 1.54) is 0 Å². The molecule has 114 valence electrons. The molecular formula is C15H18ClNO4. The fraction of sp³-hybridized carbons (Fsp3) is 0.467. The minimum Gasteiger partial charge on any atom is -0.481 e. The Balaban J connectivity index is 1.88. The Morgan fingerprint density at radius 1 is 1.29 bits per heavy atom. The largest absolute Gasteiger partial charge is 0.481 e. The van der Waals surface area contributed by atoms with Gasteiger partial charge in [-0.1, -0.05) is 11.6 Å². The molecule has 6 heteroatoms. The minimum absolute atomic E-state index is 0.117. The highest BCUT2D eigenvalue weighted by Gasteiger charge is 2.29. The van der Waals surface area contributed by atoms with Gasteiger partial charge >= 0.3 is 5.97 Å². The number of carbonyl (C=O) groups is 2. The Morgan fingerprint density at radius 2 is 1.86 bits per heavy atom. The lowest BCUT2D eigenvalue weighted by Crippen LogP contribution is -2.45. The molecule has 2 rings (SSSR count). The van der Waals surface area contributed by atoms with E-state index < -0.39 is 12.1 Å². The first-order valence-corrected chi connectivity index (χ1v) is 7.29. The normalized spacial score (nSPS) is 17.3. The second kappa shape index (κ2) is 6.80. The summed E-state index contributed by atoms with van der Waals surface area (Å²) in [7, 11) is 0. The van der Waals surface area contributed by atoms with Crippen molar-refractivity contribution in [1.82, 2.24) is 4.90 Å². The van der Waals surface area contributed by atoms with Crippen LogP contribution in [0.5, 0.6) is 5.75 Å². The first-order valence-electron chi connectivity index (χ1n) is 6.91. The Kier molecular flexibility index (Phi) is 5.07. The van der Waals surface area contributed by atoms with Crippen LogP contribution in [0.3, 0.4) is 0 Å². The summed E-state index contributed by atoms with van der Waals surface area (Å²) in [5.74, 6) is -0.663. The number of likely N-dealkylation sites (tertiary alicyclic amines) is 1. The molecule has 0 aromatic heterocycles. The number of rotatable bonds is 4. The molecule has 0 radical (unpaired) electrons. The van der Waals surface area contributed by atoms with E-state index in [0.717, 1.165) is 0 Å². The molecular weight excluding hydrogens is 294 g/mol. The van der Waals surface area contributed by atoms with Crippen LogP contribution in [0.25, 0.3) is 0 Å². The predicted octanol–water partition coefficient (Wildman–Crippen LogP) is 2.43. The fourth-order valence-corrected chi connectivity index (χ4v) is 2.50. The number of benzene rings is 1. The van der Waals surface area contributed by atoms with Gasteiger partial charge in [0.1, 0.15) is 5.75 Å². The van der Waals surface area contributed by atoms with Crippen molar-refractivity contribution in [3.8, 4) is 5.75 Å². The highest BCUT2D eigenvalue weighted by Crippen LogP contribution is 2.20. The van der Waals surface area contributed by atoms with Crippen LogP contribution in [0.4, 0.5) is 0 Å². The van der Waals surface area contributed by atoms with E-state index in [4.69, 9.17) is 21.4 Å². The number of hydrogen-bond acceptors (Lipinski definition) is 3. The van der Waals surface area contributed by atoms with Gasteiger partial charge in [0.15, 0.2) is 6.10 Å². The molecule has 1 aliphatic heterocycles. The minimum atomic E-state index is -0.785. The Hall–Kier alpha value is -1.75. The van der Waals surface area contributed by atoms with Crippen LogP contribution in [0.1, 0.15) is 19.8 Å². The summed E-state index contributed by atoms with van der Waals surface area (Å²) in [4.78, 5) is 24.8. The van der Waals surface area contributed by atoms with Crippen LogP contribution < -0.4 is 4.74 Å². The van der Waals surface area contributed by atoms with Gasteiger partial charge in [0.25, 0.3) is 5.91 Å². The van der Waals surface area contributed by atoms with Crippen LogP contribution in [-0.2, 0) is 9.59 Å². The van der Waals surface area contributed by atoms with Crippen molar-refractivity contribution in [3.05, 3.63) is 29.3 Å². The Labute approximate surface area is 128 Å². The van der Waals surface area contributed by atoms with Crippen LogP contribution in [-0.4, -0.2) is 41.1 Å². The number of carbonyl (C=O) groups excluding carboxylic acids is 1. The molecule has 1 aromatic rings. The van der Waals surface area contributed by atoms with Crippen LogP contribution in [0, 0.1) is 5.92 Å². The maximum Gasteiger partial charge on any atom is 0.306 e. The van der Waals surface area contributed by atoms with Gasteiger partial charge in [-0.2, -0.15) is 0 Å². The van der Waals surface area contributed by atoms with Crippen molar-refractivity contribution >= 4 is 23.5 Å². The third-order valence-corrected chi connectivity index (χ3v) is 3.88. The summed E-state index contributed by atoms with van der Waals surface area (Å²) in [5, 5.41) is 9.56. The van der Waals surface area contributed by atoms with E-state index in [0.29, 0.717) is 36.7 Å². The Bertz CT molecular complexity index is 509. The molecule has 0 unspecified atom stereocenters. The highest BCUT2D eigenvalue weighted by atomic mass is 35.5.